The van der Waals surface area contributed by atoms with Crippen molar-refractivity contribution in [1.82, 2.24) is 9.97 Å². The molecule has 0 unspecified atom stereocenters. The Morgan fingerprint density at radius 2 is 2.00 bits per heavy atom. The summed E-state index contributed by atoms with van der Waals surface area (Å²) in [7, 11) is 0. The molecule has 2 aliphatic rings. The second kappa shape index (κ2) is 4.77. The van der Waals surface area contributed by atoms with E-state index in [1.807, 2.05) is 18.2 Å². The van der Waals surface area contributed by atoms with E-state index in [-0.39, 0.29) is 0 Å². The summed E-state index contributed by atoms with van der Waals surface area (Å²) in [6, 6.07) is 5.56. The lowest BCUT2D eigenvalue weighted by atomic mass is 10.0. The van der Waals surface area contributed by atoms with Gasteiger partial charge in [0.05, 0.1) is 11.3 Å². The summed E-state index contributed by atoms with van der Waals surface area (Å²) >= 11 is 6.11. The molecule has 1 aromatic heterocycles. The van der Waals surface area contributed by atoms with Crippen LogP contribution in [-0.2, 0) is 6.61 Å². The summed E-state index contributed by atoms with van der Waals surface area (Å²) in [5.74, 6) is 1.99. The molecule has 4 rings (SSSR count). The molecule has 3 heterocycles. The smallest absolute Gasteiger partial charge is 0.222 e. The van der Waals surface area contributed by atoms with Gasteiger partial charge >= 0.3 is 0 Å². The predicted octanol–water partition coefficient (Wildman–Crippen LogP) is 2.87. The van der Waals surface area contributed by atoms with Crippen molar-refractivity contribution >= 4 is 23.4 Å². The third kappa shape index (κ3) is 2.08. The van der Waals surface area contributed by atoms with Crippen molar-refractivity contribution in [3.8, 4) is 17.0 Å². The molecule has 21 heavy (non-hydrogen) atoms. The number of aromatic nitrogens is 2. The minimum absolute atomic E-state index is 0.295. The minimum Gasteiger partial charge on any atom is -0.488 e. The molecule has 2 aliphatic heterocycles. The maximum absolute atomic E-state index is 6.11. The van der Waals surface area contributed by atoms with Crippen LogP contribution in [0.5, 0.6) is 5.75 Å². The molecule has 0 saturated carbocycles. The molecule has 0 spiro atoms. The molecule has 6 heteroatoms. The van der Waals surface area contributed by atoms with Crippen molar-refractivity contribution in [2.45, 2.75) is 19.4 Å². The first-order valence-electron chi connectivity index (χ1n) is 7.06. The van der Waals surface area contributed by atoms with E-state index in [9.17, 15) is 0 Å². The van der Waals surface area contributed by atoms with Gasteiger partial charge in [0.25, 0.3) is 0 Å². The van der Waals surface area contributed by atoms with Gasteiger partial charge in [-0.05, 0) is 31.0 Å². The summed E-state index contributed by atoms with van der Waals surface area (Å²) in [6.07, 6.45) is 2.36. The summed E-state index contributed by atoms with van der Waals surface area (Å²) in [5, 5.41) is 0.658. The number of nitrogens with zero attached hydrogens (tertiary/aromatic N) is 3. The van der Waals surface area contributed by atoms with Crippen LogP contribution in [0.25, 0.3) is 11.3 Å². The largest absolute Gasteiger partial charge is 0.488 e. The summed E-state index contributed by atoms with van der Waals surface area (Å²) in [6.45, 7) is 2.48. The number of ether oxygens (including phenoxy) is 1. The van der Waals surface area contributed by atoms with Crippen LogP contribution in [0.3, 0.4) is 0 Å². The molecule has 0 atom stereocenters. The fourth-order valence-corrected chi connectivity index (χ4v) is 3.17. The van der Waals surface area contributed by atoms with Crippen LogP contribution in [0.15, 0.2) is 18.2 Å². The Balaban J connectivity index is 1.91. The lowest BCUT2D eigenvalue weighted by Crippen LogP contribution is -2.24. The standard InChI is InChI=1S/C15H15ClN4O/c16-9-3-4-12-10(7-9)13-11(8-21-12)14(19-15(17)18-13)20-5-1-2-6-20/h3-4,7H,1-2,5-6,8H2,(H2,17,18,19). The Hall–Kier alpha value is -2.01. The van der Waals surface area contributed by atoms with E-state index in [2.05, 4.69) is 14.9 Å². The van der Waals surface area contributed by atoms with Crippen LogP contribution in [-0.4, -0.2) is 23.1 Å². The van der Waals surface area contributed by atoms with Crippen molar-refractivity contribution < 1.29 is 4.74 Å². The Bertz CT molecular complexity index is 713. The number of hydrogen-bond acceptors (Lipinski definition) is 5. The van der Waals surface area contributed by atoms with Crippen molar-refractivity contribution in [3.05, 3.63) is 28.8 Å². The van der Waals surface area contributed by atoms with Gasteiger partial charge in [0.1, 0.15) is 18.2 Å². The average Bonchev–Trinajstić information content (AvgIpc) is 3.00. The molecule has 108 valence electrons. The number of nitrogen functional groups attached to an aromatic ring is 1. The van der Waals surface area contributed by atoms with Gasteiger partial charge in [0.15, 0.2) is 0 Å². The molecule has 1 fully saturated rings. The van der Waals surface area contributed by atoms with E-state index in [4.69, 9.17) is 22.1 Å². The highest BCUT2D eigenvalue weighted by Crippen LogP contribution is 2.41. The molecular formula is C15H15ClN4O. The number of anilines is 2. The van der Waals surface area contributed by atoms with E-state index in [1.165, 1.54) is 12.8 Å². The molecule has 2 N–H and O–H groups in total. The molecule has 1 saturated heterocycles. The fourth-order valence-electron chi connectivity index (χ4n) is 3.00. The number of benzene rings is 1. The third-order valence-electron chi connectivity index (χ3n) is 3.98. The molecule has 0 bridgehead atoms. The van der Waals surface area contributed by atoms with Crippen LogP contribution in [0.4, 0.5) is 11.8 Å². The summed E-state index contributed by atoms with van der Waals surface area (Å²) < 4.78 is 5.84. The first-order chi connectivity index (χ1) is 10.2. The Morgan fingerprint density at radius 3 is 2.81 bits per heavy atom. The fraction of sp³-hybridized carbons (Fsp3) is 0.333. The zero-order valence-corrected chi connectivity index (χ0v) is 12.2. The summed E-state index contributed by atoms with van der Waals surface area (Å²) in [4.78, 5) is 11.1. The molecule has 0 amide bonds. The SMILES string of the molecule is Nc1nc2c(c(N3CCCC3)n1)COc1ccc(Cl)cc1-2. The number of hydrogen-bond donors (Lipinski definition) is 1. The van der Waals surface area contributed by atoms with E-state index in [0.717, 1.165) is 41.5 Å². The minimum atomic E-state index is 0.295. The first kappa shape index (κ1) is 12.7. The number of rotatable bonds is 1. The van der Waals surface area contributed by atoms with E-state index in [0.29, 0.717) is 17.6 Å². The topological polar surface area (TPSA) is 64.3 Å². The Labute approximate surface area is 127 Å². The lowest BCUT2D eigenvalue weighted by molar-refractivity contribution is 0.301. The highest BCUT2D eigenvalue weighted by atomic mass is 35.5. The first-order valence-corrected chi connectivity index (χ1v) is 7.44. The van der Waals surface area contributed by atoms with E-state index in [1.54, 1.807) is 0 Å². The van der Waals surface area contributed by atoms with Crippen molar-refractivity contribution in [2.24, 2.45) is 0 Å². The second-order valence-electron chi connectivity index (χ2n) is 5.36. The van der Waals surface area contributed by atoms with E-state index < -0.39 is 0 Å². The molecule has 0 aliphatic carbocycles. The Morgan fingerprint density at radius 1 is 1.19 bits per heavy atom. The van der Waals surface area contributed by atoms with Gasteiger partial charge in [0, 0.05) is 23.7 Å². The van der Waals surface area contributed by atoms with Gasteiger partial charge in [-0.2, -0.15) is 4.98 Å². The van der Waals surface area contributed by atoms with Gasteiger partial charge in [-0.3, -0.25) is 0 Å². The maximum atomic E-state index is 6.11. The quantitative estimate of drug-likeness (QED) is 0.877. The number of fused-ring (bicyclic) bond motifs is 3. The third-order valence-corrected chi connectivity index (χ3v) is 4.21. The normalized spacial score (nSPS) is 16.3. The lowest BCUT2D eigenvalue weighted by Gasteiger charge is -2.26. The van der Waals surface area contributed by atoms with Crippen molar-refractivity contribution in [2.75, 3.05) is 23.7 Å². The molecule has 1 aromatic carbocycles. The van der Waals surface area contributed by atoms with Crippen LogP contribution in [0.2, 0.25) is 5.02 Å². The van der Waals surface area contributed by atoms with E-state index >= 15 is 0 Å². The molecule has 2 aromatic rings. The summed E-state index contributed by atoms with van der Waals surface area (Å²) in [5.41, 5.74) is 8.65. The van der Waals surface area contributed by atoms with Gasteiger partial charge in [0.2, 0.25) is 5.95 Å². The van der Waals surface area contributed by atoms with Gasteiger partial charge in [-0.15, -0.1) is 0 Å². The van der Waals surface area contributed by atoms with Crippen LogP contribution >= 0.6 is 11.6 Å². The molecule has 0 radical (unpaired) electrons. The molecular weight excluding hydrogens is 288 g/mol. The zero-order valence-electron chi connectivity index (χ0n) is 11.5. The highest BCUT2D eigenvalue weighted by molar-refractivity contribution is 6.31. The second-order valence-corrected chi connectivity index (χ2v) is 5.79. The van der Waals surface area contributed by atoms with Crippen LogP contribution in [0.1, 0.15) is 18.4 Å². The van der Waals surface area contributed by atoms with Gasteiger partial charge < -0.3 is 15.4 Å². The number of halogens is 1. The predicted molar refractivity (Wildman–Crippen MR) is 82.7 cm³/mol. The Kier molecular flexibility index (Phi) is 2.89. The highest BCUT2D eigenvalue weighted by Gasteiger charge is 2.27. The van der Waals surface area contributed by atoms with Crippen LogP contribution in [0, 0.1) is 0 Å². The number of nitrogens with two attached hydrogens (primary N) is 1. The molecule has 5 nitrogen and oxygen atoms in total. The zero-order chi connectivity index (χ0) is 14.4. The van der Waals surface area contributed by atoms with Crippen LogP contribution < -0.4 is 15.4 Å². The maximum Gasteiger partial charge on any atom is 0.222 e. The van der Waals surface area contributed by atoms with Crippen molar-refractivity contribution in [1.29, 1.82) is 0 Å². The van der Waals surface area contributed by atoms with Crippen molar-refractivity contribution in [3.63, 3.8) is 0 Å². The average molecular weight is 303 g/mol. The monoisotopic (exact) mass is 302 g/mol. The van der Waals surface area contributed by atoms with Gasteiger partial charge in [-0.1, -0.05) is 11.6 Å². The van der Waals surface area contributed by atoms with Gasteiger partial charge in [-0.25, -0.2) is 4.98 Å².